The van der Waals surface area contributed by atoms with Gasteiger partial charge in [0.25, 0.3) is 0 Å². The number of nitrogens with two attached hydrogens (primary N) is 1. The third kappa shape index (κ3) is 4.06. The minimum Gasteiger partial charge on any atom is -0.474 e. The molecule has 1 aromatic heterocycles. The van der Waals surface area contributed by atoms with Crippen molar-refractivity contribution in [3.63, 3.8) is 0 Å². The maximum absolute atomic E-state index is 8.80. The van der Waals surface area contributed by atoms with Gasteiger partial charge in [-0.25, -0.2) is 0 Å². The van der Waals surface area contributed by atoms with Gasteiger partial charge < -0.3 is 20.4 Å². The Balaban J connectivity index is 2.80. The summed E-state index contributed by atoms with van der Waals surface area (Å²) in [5.74, 6) is 0.207. The molecule has 0 saturated heterocycles. The topological polar surface area (TPSA) is 103 Å². The zero-order chi connectivity index (χ0) is 14.3. The molecule has 0 spiro atoms. The van der Waals surface area contributed by atoms with Gasteiger partial charge in [0, 0.05) is 6.61 Å². The van der Waals surface area contributed by atoms with Crippen LogP contribution in [0.4, 0.5) is 0 Å². The van der Waals surface area contributed by atoms with E-state index >= 15 is 0 Å². The number of rotatable bonds is 7. The van der Waals surface area contributed by atoms with Gasteiger partial charge in [-0.3, -0.25) is 0 Å². The molecule has 7 heteroatoms. The quantitative estimate of drug-likeness (QED) is 0.251. The molecular weight excluding hydrogens is 248 g/mol. The predicted molar refractivity (Wildman–Crippen MR) is 70.6 cm³/mol. The fourth-order valence-electron chi connectivity index (χ4n) is 1.48. The van der Waals surface area contributed by atoms with Crippen LogP contribution < -0.4 is 10.5 Å². The van der Waals surface area contributed by atoms with E-state index in [1.54, 1.807) is 6.92 Å². The molecule has 7 nitrogen and oxygen atoms in total. The molecule has 0 radical (unpaired) electrons. The van der Waals surface area contributed by atoms with E-state index in [1.807, 2.05) is 13.8 Å². The van der Waals surface area contributed by atoms with Gasteiger partial charge in [0.1, 0.15) is 6.61 Å². The summed E-state index contributed by atoms with van der Waals surface area (Å²) >= 11 is 0. The summed E-state index contributed by atoms with van der Waals surface area (Å²) < 4.78 is 10.8. The molecule has 3 N–H and O–H groups in total. The molecule has 19 heavy (non-hydrogen) atoms. The average Bonchev–Trinajstić information content (AvgIpc) is 2.41. The minimum atomic E-state index is -0.0417. The van der Waals surface area contributed by atoms with Crippen LogP contribution in [0.1, 0.15) is 30.2 Å². The van der Waals surface area contributed by atoms with Crippen LogP contribution in [0.2, 0.25) is 0 Å². The van der Waals surface area contributed by atoms with Gasteiger partial charge in [0.15, 0.2) is 5.84 Å². The lowest BCUT2D eigenvalue weighted by atomic mass is 10.1. The lowest BCUT2D eigenvalue weighted by molar-refractivity contribution is 0.0985. The van der Waals surface area contributed by atoms with Crippen LogP contribution in [-0.4, -0.2) is 41.1 Å². The van der Waals surface area contributed by atoms with Crippen molar-refractivity contribution >= 4 is 5.84 Å². The molecule has 0 bridgehead atoms. The van der Waals surface area contributed by atoms with E-state index in [2.05, 4.69) is 15.4 Å². The summed E-state index contributed by atoms with van der Waals surface area (Å²) in [5, 5.41) is 19.7. The summed E-state index contributed by atoms with van der Waals surface area (Å²) in [6.45, 7) is 7.13. The Morgan fingerprint density at radius 3 is 2.63 bits per heavy atom. The van der Waals surface area contributed by atoms with Crippen molar-refractivity contribution in [2.24, 2.45) is 10.9 Å². The molecule has 0 aliphatic heterocycles. The minimum absolute atomic E-state index is 0.0417. The Kier molecular flexibility index (Phi) is 6.01. The van der Waals surface area contributed by atoms with Gasteiger partial charge in [0.2, 0.25) is 5.88 Å². The van der Waals surface area contributed by atoms with E-state index in [1.165, 1.54) is 0 Å². The van der Waals surface area contributed by atoms with Crippen LogP contribution in [0.25, 0.3) is 0 Å². The lowest BCUT2D eigenvalue weighted by Gasteiger charge is -2.12. The van der Waals surface area contributed by atoms with Crippen molar-refractivity contribution < 1.29 is 14.7 Å². The molecule has 0 saturated carbocycles. The highest BCUT2D eigenvalue weighted by molar-refractivity contribution is 6.00. The summed E-state index contributed by atoms with van der Waals surface area (Å²) in [6.07, 6.45) is 0.957. The molecule has 1 rings (SSSR count). The van der Waals surface area contributed by atoms with Crippen molar-refractivity contribution in [3.8, 4) is 5.88 Å². The fourth-order valence-corrected chi connectivity index (χ4v) is 1.48. The molecule has 0 unspecified atom stereocenters. The second kappa shape index (κ2) is 7.52. The van der Waals surface area contributed by atoms with E-state index in [9.17, 15) is 0 Å². The van der Waals surface area contributed by atoms with Crippen molar-refractivity contribution in [1.82, 2.24) is 10.2 Å². The van der Waals surface area contributed by atoms with Crippen molar-refractivity contribution in [2.75, 3.05) is 19.8 Å². The fraction of sp³-hybridized carbons (Fsp3) is 0.583. The summed E-state index contributed by atoms with van der Waals surface area (Å²) in [6, 6.07) is 0. The third-order valence-corrected chi connectivity index (χ3v) is 2.60. The van der Waals surface area contributed by atoms with Crippen LogP contribution in [0, 0.1) is 13.8 Å². The van der Waals surface area contributed by atoms with Crippen molar-refractivity contribution in [1.29, 1.82) is 0 Å². The molecular formula is C12H20N4O3. The van der Waals surface area contributed by atoms with Crippen LogP contribution in [0.5, 0.6) is 5.88 Å². The number of hydrogen-bond acceptors (Lipinski definition) is 6. The Labute approximate surface area is 112 Å². The summed E-state index contributed by atoms with van der Waals surface area (Å²) in [5.41, 5.74) is 7.58. The normalized spacial score (nSPS) is 11.6. The van der Waals surface area contributed by atoms with Crippen molar-refractivity contribution in [2.45, 2.75) is 27.2 Å². The molecule has 1 heterocycles. The van der Waals surface area contributed by atoms with Gasteiger partial charge in [-0.1, -0.05) is 12.1 Å². The highest BCUT2D eigenvalue weighted by atomic mass is 16.5. The maximum Gasteiger partial charge on any atom is 0.245 e. The first-order valence-electron chi connectivity index (χ1n) is 6.14. The number of aryl methyl sites for hydroxylation is 1. The first-order chi connectivity index (χ1) is 9.11. The van der Waals surface area contributed by atoms with E-state index in [-0.39, 0.29) is 11.7 Å². The SMILES string of the molecule is CCCOCCOc1nnc(C)c(C)c1C(N)=NO. The standard InChI is InChI=1S/C12H20N4O3/c1-4-5-18-6-7-19-12-10(11(13)16-17)8(2)9(3)14-15-12/h17H,4-7H2,1-3H3,(H2,13,16). The molecule has 106 valence electrons. The van der Waals surface area contributed by atoms with Gasteiger partial charge in [0.05, 0.1) is 17.9 Å². The Bertz CT molecular complexity index is 449. The number of amidine groups is 1. The first kappa shape index (κ1) is 15.2. The number of ether oxygens (including phenoxy) is 2. The monoisotopic (exact) mass is 268 g/mol. The van der Waals surface area contributed by atoms with E-state index < -0.39 is 0 Å². The van der Waals surface area contributed by atoms with Crippen LogP contribution >= 0.6 is 0 Å². The zero-order valence-corrected chi connectivity index (χ0v) is 11.5. The molecule has 0 aromatic carbocycles. The second-order valence-corrected chi connectivity index (χ2v) is 4.04. The smallest absolute Gasteiger partial charge is 0.245 e. The van der Waals surface area contributed by atoms with E-state index in [0.717, 1.165) is 12.0 Å². The first-order valence-corrected chi connectivity index (χ1v) is 6.14. The Morgan fingerprint density at radius 2 is 2.00 bits per heavy atom. The van der Waals surface area contributed by atoms with Crippen LogP contribution in [0.3, 0.4) is 0 Å². The van der Waals surface area contributed by atoms with Crippen LogP contribution in [-0.2, 0) is 4.74 Å². The highest BCUT2D eigenvalue weighted by Crippen LogP contribution is 2.20. The van der Waals surface area contributed by atoms with E-state index in [4.69, 9.17) is 20.4 Å². The van der Waals surface area contributed by atoms with Gasteiger partial charge in [-0.2, -0.15) is 5.10 Å². The largest absolute Gasteiger partial charge is 0.474 e. The zero-order valence-electron chi connectivity index (χ0n) is 11.5. The molecule has 0 fully saturated rings. The van der Waals surface area contributed by atoms with Gasteiger partial charge >= 0.3 is 0 Å². The lowest BCUT2D eigenvalue weighted by Crippen LogP contribution is -2.20. The van der Waals surface area contributed by atoms with Gasteiger partial charge in [-0.15, -0.1) is 5.10 Å². The Hall–Kier alpha value is -1.89. The summed E-state index contributed by atoms with van der Waals surface area (Å²) in [4.78, 5) is 0. The Morgan fingerprint density at radius 1 is 1.26 bits per heavy atom. The van der Waals surface area contributed by atoms with Gasteiger partial charge in [-0.05, 0) is 25.8 Å². The number of aromatic nitrogens is 2. The highest BCUT2D eigenvalue weighted by Gasteiger charge is 2.16. The predicted octanol–water partition coefficient (Wildman–Crippen LogP) is 0.993. The number of oxime groups is 1. The van der Waals surface area contributed by atoms with E-state index in [0.29, 0.717) is 31.1 Å². The average molecular weight is 268 g/mol. The number of hydrogen-bond donors (Lipinski definition) is 2. The molecule has 0 aliphatic rings. The summed E-state index contributed by atoms with van der Waals surface area (Å²) in [7, 11) is 0. The molecule has 0 aliphatic carbocycles. The third-order valence-electron chi connectivity index (χ3n) is 2.60. The number of nitrogens with zero attached hydrogens (tertiary/aromatic N) is 3. The molecule has 0 atom stereocenters. The van der Waals surface area contributed by atoms with Crippen molar-refractivity contribution in [3.05, 3.63) is 16.8 Å². The maximum atomic E-state index is 8.80. The van der Waals surface area contributed by atoms with Crippen LogP contribution in [0.15, 0.2) is 5.16 Å². The second-order valence-electron chi connectivity index (χ2n) is 4.04. The molecule has 1 aromatic rings. The molecule has 0 amide bonds.